The molecule has 13 atom stereocenters. The topological polar surface area (TPSA) is 208 Å². The average molecular weight is 613 g/mol. The number of carbonyl (C=O) groups excluding carboxylic acids is 1. The van der Waals surface area contributed by atoms with Crippen molar-refractivity contribution in [3.8, 4) is 0 Å². The van der Waals surface area contributed by atoms with Crippen LogP contribution in [0.2, 0.25) is 0 Å². The van der Waals surface area contributed by atoms with Gasteiger partial charge in [-0.2, -0.15) is 0 Å². The van der Waals surface area contributed by atoms with Crippen LogP contribution in [0, 0.1) is 17.3 Å². The number of aliphatic hydroxyl groups is 7. The average Bonchev–Trinajstić information content (AvgIpc) is 3.64. The maximum Gasteiger partial charge on any atom is 0.331 e. The second-order valence-corrected chi connectivity index (χ2v) is 13.3. The van der Waals surface area contributed by atoms with Gasteiger partial charge in [0.2, 0.25) is 12.6 Å². The van der Waals surface area contributed by atoms with Gasteiger partial charge >= 0.3 is 5.97 Å². The van der Waals surface area contributed by atoms with Crippen LogP contribution in [0.15, 0.2) is 36.1 Å². The molecule has 0 aromatic heterocycles. The van der Waals surface area contributed by atoms with Crippen LogP contribution in [0.1, 0.15) is 47.0 Å². The van der Waals surface area contributed by atoms with E-state index in [0.717, 1.165) is 12.5 Å². The Morgan fingerprint density at radius 2 is 1.77 bits per heavy atom. The Morgan fingerprint density at radius 3 is 2.42 bits per heavy atom. The van der Waals surface area contributed by atoms with E-state index in [-0.39, 0.29) is 0 Å². The summed E-state index contributed by atoms with van der Waals surface area (Å²) < 4.78 is 28.5. The monoisotopic (exact) mass is 612 g/mol. The zero-order valence-corrected chi connectivity index (χ0v) is 24.8. The number of esters is 1. The first-order valence-electron chi connectivity index (χ1n) is 14.7. The standard InChI is InChI=1S/C30H44O13/c1-15(6-10-30(38)27(2,3)8-5-9-28(30,4)37)12-18(33)41-23-22(36)21(35)17(13-31)40-26(23)42-25-19-16(7-11-39-25)20(34)24-29(19,14-32)43-24/h6-7,10-12,16-17,19-26,31-32,34-38H,5,8-9,13-14H2,1-4H3/b10-6+,15-12+/t16-,17-,19-,20+,21-,22+,23-,24+,25+,26+,28-,29-,30-/m1/s1. The molecule has 0 aromatic rings. The number of allylic oxidation sites excluding steroid dienone is 2. The van der Waals surface area contributed by atoms with Crippen LogP contribution in [-0.4, -0.2) is 121 Å². The van der Waals surface area contributed by atoms with E-state index in [1.54, 1.807) is 19.9 Å². The molecule has 2 aliphatic carbocycles. The molecule has 13 nitrogen and oxygen atoms in total. The van der Waals surface area contributed by atoms with E-state index in [0.29, 0.717) is 18.4 Å². The van der Waals surface area contributed by atoms with Gasteiger partial charge < -0.3 is 59.4 Å². The number of hydrogen-bond donors (Lipinski definition) is 7. The second-order valence-electron chi connectivity index (χ2n) is 13.3. The number of epoxide rings is 1. The molecular weight excluding hydrogens is 568 g/mol. The summed E-state index contributed by atoms with van der Waals surface area (Å²) in [5, 5.41) is 74.2. The van der Waals surface area contributed by atoms with Gasteiger partial charge in [-0.1, -0.05) is 19.9 Å². The Hall–Kier alpha value is -1.91. The Kier molecular flexibility index (Phi) is 8.66. The Bertz CT molecular complexity index is 1130. The molecule has 0 unspecified atom stereocenters. The second kappa shape index (κ2) is 11.5. The molecule has 0 spiro atoms. The van der Waals surface area contributed by atoms with Gasteiger partial charge in [0.15, 0.2) is 6.10 Å². The first-order chi connectivity index (χ1) is 20.1. The number of fused-ring (bicyclic) bond motifs is 3. The van der Waals surface area contributed by atoms with Crippen LogP contribution in [-0.2, 0) is 28.5 Å². The third-order valence-electron chi connectivity index (χ3n) is 10.1. The van der Waals surface area contributed by atoms with E-state index in [1.165, 1.54) is 18.4 Å². The van der Waals surface area contributed by atoms with Crippen molar-refractivity contribution >= 4 is 5.97 Å². The zero-order chi connectivity index (χ0) is 31.5. The van der Waals surface area contributed by atoms with Gasteiger partial charge in [0.25, 0.3) is 0 Å². The van der Waals surface area contributed by atoms with Crippen molar-refractivity contribution in [3.05, 3.63) is 36.1 Å². The molecule has 0 amide bonds. The van der Waals surface area contributed by atoms with Gasteiger partial charge in [-0.05, 0) is 56.3 Å². The minimum Gasteiger partial charge on any atom is -0.472 e. The van der Waals surface area contributed by atoms with Gasteiger partial charge in [-0.25, -0.2) is 4.79 Å². The number of aliphatic hydroxyl groups excluding tert-OH is 5. The van der Waals surface area contributed by atoms with E-state index in [1.807, 2.05) is 13.8 Å². The molecule has 2 saturated carbocycles. The Labute approximate surface area is 250 Å². The van der Waals surface area contributed by atoms with Gasteiger partial charge in [0.1, 0.15) is 35.6 Å². The molecule has 7 N–H and O–H groups in total. The van der Waals surface area contributed by atoms with Crippen molar-refractivity contribution in [2.24, 2.45) is 17.3 Å². The fourth-order valence-corrected chi connectivity index (χ4v) is 7.33. The van der Waals surface area contributed by atoms with Crippen molar-refractivity contribution in [2.45, 2.75) is 113 Å². The summed E-state index contributed by atoms with van der Waals surface area (Å²) in [4.78, 5) is 13.0. The summed E-state index contributed by atoms with van der Waals surface area (Å²) >= 11 is 0. The Morgan fingerprint density at radius 1 is 1.05 bits per heavy atom. The van der Waals surface area contributed by atoms with Crippen molar-refractivity contribution < 1.29 is 64.2 Å². The SMILES string of the molecule is CC(/C=C/[C@@]1(O)C(C)(C)CCC[C@@]1(C)O)=C\C(=O)O[C@H]1[C@H](O[C@@H]2OC=C[C@H]3[C@H](O)[C@@H]4O[C@]4(CO)[C@@H]23)O[C@H](CO)[C@@H](O)[C@@H]1O. The summed E-state index contributed by atoms with van der Waals surface area (Å²) in [6, 6.07) is 0. The number of ether oxygens (including phenoxy) is 5. The smallest absolute Gasteiger partial charge is 0.331 e. The number of carbonyl (C=O) groups is 1. The summed E-state index contributed by atoms with van der Waals surface area (Å²) in [5.74, 6) is -2.06. The highest BCUT2D eigenvalue weighted by atomic mass is 16.8. The van der Waals surface area contributed by atoms with Gasteiger partial charge in [0.05, 0.1) is 37.1 Å². The predicted octanol–water partition coefficient (Wildman–Crippen LogP) is -0.845. The molecule has 5 rings (SSSR count). The normalized spacial score (nSPS) is 48.9. The third-order valence-corrected chi connectivity index (χ3v) is 10.1. The number of hydrogen-bond acceptors (Lipinski definition) is 13. The number of rotatable bonds is 8. The lowest BCUT2D eigenvalue weighted by Gasteiger charge is -2.53. The molecule has 43 heavy (non-hydrogen) atoms. The van der Waals surface area contributed by atoms with Crippen molar-refractivity contribution in [1.29, 1.82) is 0 Å². The fourth-order valence-electron chi connectivity index (χ4n) is 7.33. The van der Waals surface area contributed by atoms with E-state index in [4.69, 9.17) is 23.7 Å². The largest absolute Gasteiger partial charge is 0.472 e. The summed E-state index contributed by atoms with van der Waals surface area (Å²) in [6.07, 6.45) is -1.45. The molecule has 242 valence electrons. The molecule has 2 saturated heterocycles. The lowest BCUT2D eigenvalue weighted by atomic mass is 9.58. The van der Waals surface area contributed by atoms with E-state index in [9.17, 15) is 40.5 Å². The predicted molar refractivity (Wildman–Crippen MR) is 147 cm³/mol. The van der Waals surface area contributed by atoms with Crippen molar-refractivity contribution in [1.82, 2.24) is 0 Å². The molecule has 4 fully saturated rings. The minimum atomic E-state index is -1.72. The lowest BCUT2D eigenvalue weighted by Crippen LogP contribution is -2.62. The summed E-state index contributed by atoms with van der Waals surface area (Å²) in [7, 11) is 0. The highest BCUT2D eigenvalue weighted by Gasteiger charge is 2.76. The highest BCUT2D eigenvalue weighted by molar-refractivity contribution is 5.83. The first-order valence-corrected chi connectivity index (χ1v) is 14.7. The van der Waals surface area contributed by atoms with Gasteiger partial charge in [-0.15, -0.1) is 0 Å². The molecule has 5 aliphatic rings. The molecular formula is C30H44O13. The van der Waals surface area contributed by atoms with E-state index >= 15 is 0 Å². The van der Waals surface area contributed by atoms with E-state index < -0.39 is 102 Å². The van der Waals surface area contributed by atoms with Gasteiger partial charge in [-0.3, -0.25) is 0 Å². The lowest BCUT2D eigenvalue weighted by molar-refractivity contribution is -0.345. The van der Waals surface area contributed by atoms with Crippen LogP contribution in [0.4, 0.5) is 0 Å². The third kappa shape index (κ3) is 5.37. The highest BCUT2D eigenvalue weighted by Crippen LogP contribution is 2.59. The van der Waals surface area contributed by atoms with Crippen LogP contribution >= 0.6 is 0 Å². The van der Waals surface area contributed by atoms with Crippen molar-refractivity contribution in [3.63, 3.8) is 0 Å². The molecule has 0 bridgehead atoms. The molecule has 3 heterocycles. The quantitative estimate of drug-likeness (QED) is 0.0773. The minimum absolute atomic E-state index is 0.374. The first kappa shape index (κ1) is 32.5. The van der Waals surface area contributed by atoms with Crippen LogP contribution in [0.25, 0.3) is 0 Å². The Balaban J connectivity index is 1.33. The van der Waals surface area contributed by atoms with E-state index in [2.05, 4.69) is 0 Å². The molecule has 3 aliphatic heterocycles. The summed E-state index contributed by atoms with van der Waals surface area (Å²) in [5.41, 5.74) is -4.32. The molecule has 0 aromatic carbocycles. The van der Waals surface area contributed by atoms with Gasteiger partial charge in [0, 0.05) is 12.0 Å². The maximum absolute atomic E-state index is 13.0. The maximum atomic E-state index is 13.0. The zero-order valence-electron chi connectivity index (χ0n) is 24.8. The van der Waals surface area contributed by atoms with Crippen LogP contribution in [0.5, 0.6) is 0 Å². The summed E-state index contributed by atoms with van der Waals surface area (Å²) in [6.45, 7) is 5.83. The van der Waals surface area contributed by atoms with Crippen LogP contribution < -0.4 is 0 Å². The fraction of sp³-hybridized carbons (Fsp3) is 0.767. The van der Waals surface area contributed by atoms with Crippen molar-refractivity contribution in [2.75, 3.05) is 13.2 Å². The molecule has 0 radical (unpaired) electrons. The molecule has 13 heteroatoms. The van der Waals surface area contributed by atoms with Crippen LogP contribution in [0.3, 0.4) is 0 Å².